The Kier molecular flexibility index (Phi) is 22.8. The first-order valence-electron chi connectivity index (χ1n) is 45.0. The third kappa shape index (κ3) is 18.2. The molecule has 12 aromatic carbocycles. The number of hydrogen-bond donors (Lipinski definition) is 0. The quantitative estimate of drug-likeness (QED) is 0.128. The normalized spacial score (nSPS) is 12.4. The summed E-state index contributed by atoms with van der Waals surface area (Å²) in [6, 6.07) is 88.8. The molecule has 0 amide bonds. The van der Waals surface area contributed by atoms with Crippen LogP contribution in [0.3, 0.4) is 0 Å². The monoisotopic (exact) mass is 1590 g/mol. The number of benzene rings is 12. The van der Waals surface area contributed by atoms with Crippen LogP contribution < -0.4 is 18.3 Å². The Morgan fingerprint density at radius 3 is 1.03 bits per heavy atom. The van der Waals surface area contributed by atoms with Crippen molar-refractivity contribution in [2.75, 3.05) is 0 Å². The van der Waals surface area contributed by atoms with Crippen LogP contribution in [0.4, 0.5) is 4.39 Å². The molecule has 0 unspecified atom stereocenters. The summed E-state index contributed by atoms with van der Waals surface area (Å²) in [4.78, 5) is 0. The molecule has 0 bridgehead atoms. The fourth-order valence-corrected chi connectivity index (χ4v) is 16.6. The van der Waals surface area contributed by atoms with Gasteiger partial charge in [-0.3, -0.25) is 0 Å². The Morgan fingerprint density at radius 2 is 0.633 bits per heavy atom. The van der Waals surface area contributed by atoms with Crippen LogP contribution in [-0.2, 0) is 49.9 Å². The maximum Gasteiger partial charge on any atom is 0.220 e. The molecule has 0 spiro atoms. The predicted octanol–water partition coefficient (Wildman–Crippen LogP) is 28.9. The molecule has 0 saturated heterocycles. The van der Waals surface area contributed by atoms with E-state index in [0.717, 1.165) is 93.8 Å². The Bertz CT molecular complexity index is 6840. The molecule has 0 radical (unpaired) electrons. The highest BCUT2D eigenvalue weighted by Gasteiger charge is 2.29. The van der Waals surface area contributed by atoms with Crippen molar-refractivity contribution in [3.8, 4) is 89.5 Å². The van der Waals surface area contributed by atoms with Crippen molar-refractivity contribution in [1.29, 1.82) is 0 Å². The van der Waals surface area contributed by atoms with Gasteiger partial charge in [-0.1, -0.05) is 291 Å². The molecule has 0 N–H and O–H groups in total. The smallest absolute Gasteiger partial charge is 0.206 e. The summed E-state index contributed by atoms with van der Waals surface area (Å²) in [5, 5.41) is 8.14. The van der Waals surface area contributed by atoms with Gasteiger partial charge in [0.2, 0.25) is 22.8 Å². The largest absolute Gasteiger partial charge is 0.220 e. The molecule has 0 aliphatic carbocycles. The van der Waals surface area contributed by atoms with Crippen molar-refractivity contribution < 1.29 is 29.5 Å². The van der Waals surface area contributed by atoms with E-state index in [1.165, 1.54) is 106 Å². The average molecular weight is 1590 g/mol. The fourth-order valence-electron chi connectivity index (χ4n) is 16.6. The zero-order valence-corrected chi connectivity index (χ0v) is 75.9. The number of pyridine rings is 4. The summed E-state index contributed by atoms with van der Waals surface area (Å²) < 4.78 is 67.1. The van der Waals surface area contributed by atoms with Crippen LogP contribution in [0.25, 0.3) is 133 Å². The zero-order valence-electron chi connectivity index (χ0n) is 80.9. The van der Waals surface area contributed by atoms with Crippen LogP contribution in [0, 0.1) is 61.2 Å². The first-order valence-corrected chi connectivity index (χ1v) is 42.5. The van der Waals surface area contributed by atoms with Crippen molar-refractivity contribution in [3.63, 3.8) is 0 Å². The van der Waals surface area contributed by atoms with Gasteiger partial charge in [0, 0.05) is 50.5 Å². The molecule has 0 aliphatic heterocycles. The topological polar surface area (TPSA) is 15.5 Å². The third-order valence-electron chi connectivity index (χ3n) is 24.4. The minimum Gasteiger partial charge on any atom is -0.206 e. The lowest BCUT2D eigenvalue weighted by atomic mass is 9.84. The molecule has 4 nitrogen and oxygen atoms in total. The molecule has 5 heteroatoms. The number of aryl methyl sites for hydroxylation is 3. The molecular weight excluding hydrogens is 1460 g/mol. The first-order chi connectivity index (χ1) is 58.9. The van der Waals surface area contributed by atoms with Gasteiger partial charge < -0.3 is 0 Å². The van der Waals surface area contributed by atoms with Crippen molar-refractivity contribution in [2.45, 2.75) is 180 Å². The molecule has 0 fully saturated rings. The highest BCUT2D eigenvalue weighted by atomic mass is 19.1. The van der Waals surface area contributed by atoms with Gasteiger partial charge in [0.05, 0.1) is 49.3 Å². The van der Waals surface area contributed by atoms with E-state index in [9.17, 15) is 4.39 Å². The van der Waals surface area contributed by atoms with Gasteiger partial charge in [-0.05, 0) is 233 Å². The molecule has 120 heavy (non-hydrogen) atoms. The Balaban J connectivity index is 0.000000143. The SMILES string of the molecule is [2H]c1c(C)[n+](C)c(-c2cc(-c3ccccc3)c(F)cc2C)c2ccc(C(C)(C)C)cc12.[2H]c1c(C)[n+](C)c(-c2cc(-c3ccccc3)cc(C)c2C)c2ccc(C(C)(C)C)cc12.[2H]c1c(C)[n+](C)c(-c2cc(-c3ccccc3)ccc2C)c2ccc(C(C)(C)C)cc12.[2H]c1c([2H])[n+](C)c(-c2cc(-c3ccccc3)cc(C(C)C)c2C)c2ccc(C(C)(C)C)cc12. The van der Waals surface area contributed by atoms with E-state index in [4.69, 9.17) is 6.85 Å². The summed E-state index contributed by atoms with van der Waals surface area (Å²) in [6.07, 6.45) is 0.235. The Hall–Kier alpha value is -11.8. The number of halogens is 1. The molecule has 16 aromatic rings. The number of rotatable bonds is 9. The number of hydrogen-bond acceptors (Lipinski definition) is 0. The molecule has 0 atom stereocenters. The zero-order chi connectivity index (χ0) is 90.7. The van der Waals surface area contributed by atoms with E-state index in [2.05, 4.69) is 360 Å². The van der Waals surface area contributed by atoms with Gasteiger partial charge in [0.1, 0.15) is 35.4 Å². The second-order valence-electron chi connectivity index (χ2n) is 37.5. The van der Waals surface area contributed by atoms with Crippen molar-refractivity contribution in [3.05, 3.63) is 358 Å². The predicted molar refractivity (Wildman–Crippen MR) is 511 cm³/mol. The lowest BCUT2D eigenvalue weighted by Gasteiger charge is -2.20. The van der Waals surface area contributed by atoms with Gasteiger partial charge >= 0.3 is 0 Å². The number of fused-ring (bicyclic) bond motifs is 4. The molecule has 4 heterocycles. The van der Waals surface area contributed by atoms with E-state index in [1.807, 2.05) is 81.9 Å². The maximum absolute atomic E-state index is 14.9. The minimum absolute atomic E-state index is 0.000994. The third-order valence-corrected chi connectivity index (χ3v) is 24.4. The summed E-state index contributed by atoms with van der Waals surface area (Å²) in [5.41, 5.74) is 32.7. The van der Waals surface area contributed by atoms with Gasteiger partial charge in [-0.25, -0.2) is 8.96 Å². The van der Waals surface area contributed by atoms with Crippen molar-refractivity contribution in [2.24, 2.45) is 28.2 Å². The molecule has 16 rings (SSSR count). The van der Waals surface area contributed by atoms with E-state index in [0.29, 0.717) is 29.6 Å². The van der Waals surface area contributed by atoms with E-state index in [-0.39, 0.29) is 39.7 Å². The second kappa shape index (κ2) is 34.5. The van der Waals surface area contributed by atoms with E-state index in [1.54, 1.807) is 6.07 Å². The van der Waals surface area contributed by atoms with E-state index >= 15 is 0 Å². The van der Waals surface area contributed by atoms with Crippen LogP contribution in [0.5, 0.6) is 0 Å². The summed E-state index contributed by atoms with van der Waals surface area (Å²) in [6.45, 7) is 47.7. The van der Waals surface area contributed by atoms with E-state index < -0.39 is 0 Å². The van der Waals surface area contributed by atoms with Gasteiger partial charge in [-0.15, -0.1) is 0 Å². The van der Waals surface area contributed by atoms with Crippen molar-refractivity contribution >= 4 is 43.1 Å². The average Bonchev–Trinajstić information content (AvgIpc) is 0.754. The second-order valence-corrected chi connectivity index (χ2v) is 37.5. The Labute approximate surface area is 723 Å². The lowest BCUT2D eigenvalue weighted by Crippen LogP contribution is -2.35. The minimum atomic E-state index is -0.219. The molecule has 0 aliphatic rings. The number of aromatic nitrogens is 4. The van der Waals surface area contributed by atoms with Crippen LogP contribution in [0.1, 0.15) is 182 Å². The molecule has 4 aromatic heterocycles. The molecular formula is C115H125FN4+4. The summed E-state index contributed by atoms with van der Waals surface area (Å²) in [7, 11) is 8.07. The maximum atomic E-state index is 14.9. The Morgan fingerprint density at radius 1 is 0.292 bits per heavy atom. The van der Waals surface area contributed by atoms with Crippen LogP contribution >= 0.6 is 0 Å². The van der Waals surface area contributed by atoms with Crippen molar-refractivity contribution in [1.82, 2.24) is 0 Å². The van der Waals surface area contributed by atoms with Gasteiger partial charge in [-0.2, -0.15) is 13.7 Å². The van der Waals surface area contributed by atoms with Crippen LogP contribution in [0.15, 0.2) is 279 Å². The highest BCUT2D eigenvalue weighted by Crippen LogP contribution is 2.43. The molecule has 608 valence electrons. The fraction of sp³-hybridized carbons (Fsp3) is 0.270. The molecule has 0 saturated carbocycles. The number of nitrogens with zero attached hydrogens (tertiary/aromatic N) is 4. The lowest BCUT2D eigenvalue weighted by molar-refractivity contribution is -0.665. The highest BCUT2D eigenvalue weighted by molar-refractivity contribution is 5.99. The summed E-state index contributed by atoms with van der Waals surface area (Å²) >= 11 is 0. The van der Waals surface area contributed by atoms with Gasteiger partial charge in [0.25, 0.3) is 0 Å². The van der Waals surface area contributed by atoms with Gasteiger partial charge in [0.15, 0.2) is 23.3 Å². The standard InChI is InChI=1S/C30H34N.C29H32N.C28H29FN.C28H30N/c1-20(2)27-18-24(22-11-9-8-10-12-22)19-28(21(27)3)29-26-14-13-25(30(4,5)6)17-23(26)15-16-31(29)7;1-19-15-23(22-11-9-8-10-12-22)18-27(21(19)3)28-26-14-13-25(29(4,5)6)17-24(26)16-20(2)30(28)7;1-18-14-26(29)25(20-10-8-7-9-11-20)17-24(18)27-23-13-12-22(28(3,4)5)16-21(23)15-19(2)30(27)6;1-19-12-13-22(21-10-8-7-9-11-21)18-26(19)27-25-15-14-24(28(3,4)5)17-23(25)16-20(2)29(27)6/h8-20H,1-7H3;8-18H,1-7H3;7-17H,1-6H3;7-18H,1-6H3/q4*+1/i15D,16D;16D;15D;16D. The summed E-state index contributed by atoms with van der Waals surface area (Å²) in [5.74, 6) is 0.158. The van der Waals surface area contributed by atoms with Crippen LogP contribution in [0.2, 0.25) is 0 Å². The first kappa shape index (κ1) is 79.3. The van der Waals surface area contributed by atoms with Crippen LogP contribution in [-0.4, -0.2) is 0 Å².